The molecule has 27 heavy (non-hydrogen) atoms. The lowest BCUT2D eigenvalue weighted by molar-refractivity contribution is -0.143. The number of nitrogens with one attached hydrogen (secondary N) is 1. The minimum Gasteiger partial charge on any atom is -0.480 e. The van der Waals surface area contributed by atoms with Crippen LogP contribution in [0.1, 0.15) is 6.42 Å². The van der Waals surface area contributed by atoms with Gasteiger partial charge in [0.25, 0.3) is 0 Å². The van der Waals surface area contributed by atoms with Crippen molar-refractivity contribution in [1.29, 1.82) is 0 Å². The molecule has 0 atom stereocenters. The summed E-state index contributed by atoms with van der Waals surface area (Å²) in [5, 5.41) is 14.6. The fraction of sp³-hybridized carbons (Fsp3) is 0.222. The number of benzene rings is 1. The van der Waals surface area contributed by atoms with E-state index in [-0.39, 0.29) is 24.7 Å². The summed E-state index contributed by atoms with van der Waals surface area (Å²) in [5.74, 6) is -1.07. The molecule has 2 N–H and O–H groups in total. The molecule has 1 amide bonds. The van der Waals surface area contributed by atoms with E-state index in [0.29, 0.717) is 12.4 Å². The maximum atomic E-state index is 13.2. The number of thiophene rings is 1. The van der Waals surface area contributed by atoms with E-state index < -0.39 is 5.97 Å². The smallest absolute Gasteiger partial charge is 0.323 e. The number of carbonyl (C=O) groups is 2. The summed E-state index contributed by atoms with van der Waals surface area (Å²) in [6.45, 7) is -0.0383. The molecule has 0 aliphatic carbocycles. The molecule has 2 heterocycles. The van der Waals surface area contributed by atoms with E-state index in [1.165, 1.54) is 36.8 Å². The number of rotatable bonds is 7. The molecule has 0 unspecified atom stereocenters. The molecular formula is C18H17FN4O3S. The highest BCUT2D eigenvalue weighted by Gasteiger charge is 2.15. The number of carbonyl (C=O) groups excluding carboxylic acids is 1. The van der Waals surface area contributed by atoms with Gasteiger partial charge in [-0.3, -0.25) is 9.59 Å². The maximum Gasteiger partial charge on any atom is 0.323 e. The third-order valence-electron chi connectivity index (χ3n) is 3.95. The van der Waals surface area contributed by atoms with Gasteiger partial charge in [-0.15, -0.1) is 11.3 Å². The molecule has 0 aliphatic heterocycles. The van der Waals surface area contributed by atoms with Gasteiger partial charge in [-0.2, -0.15) is 0 Å². The van der Waals surface area contributed by atoms with Gasteiger partial charge in [-0.25, -0.2) is 14.4 Å². The average Bonchev–Trinajstić information content (AvgIpc) is 3.06. The summed E-state index contributed by atoms with van der Waals surface area (Å²) in [6, 6.07) is 6.18. The van der Waals surface area contributed by atoms with Crippen LogP contribution in [0.5, 0.6) is 0 Å². The van der Waals surface area contributed by atoms with Crippen molar-refractivity contribution in [3.63, 3.8) is 0 Å². The fourth-order valence-electron chi connectivity index (χ4n) is 2.62. The van der Waals surface area contributed by atoms with E-state index in [1.54, 1.807) is 12.1 Å². The zero-order valence-corrected chi connectivity index (χ0v) is 15.3. The molecule has 0 spiro atoms. The summed E-state index contributed by atoms with van der Waals surface area (Å²) in [6.07, 6.45) is 1.57. The van der Waals surface area contributed by atoms with Crippen molar-refractivity contribution in [2.24, 2.45) is 0 Å². The number of nitrogens with zero attached hydrogens (tertiary/aromatic N) is 3. The number of aliphatic carboxylic acids is 1. The quantitative estimate of drug-likeness (QED) is 0.646. The van der Waals surface area contributed by atoms with Gasteiger partial charge in [0.1, 0.15) is 29.3 Å². The van der Waals surface area contributed by atoms with Crippen LogP contribution in [-0.2, 0) is 9.59 Å². The first-order valence-electron chi connectivity index (χ1n) is 8.13. The Morgan fingerprint density at radius 1 is 1.26 bits per heavy atom. The number of amides is 1. The molecule has 0 saturated carbocycles. The monoisotopic (exact) mass is 388 g/mol. The van der Waals surface area contributed by atoms with E-state index in [4.69, 9.17) is 5.11 Å². The molecule has 7 nitrogen and oxygen atoms in total. The lowest BCUT2D eigenvalue weighted by Gasteiger charge is -2.15. The molecule has 0 fully saturated rings. The first-order chi connectivity index (χ1) is 13.0. The summed E-state index contributed by atoms with van der Waals surface area (Å²) >= 11 is 1.45. The lowest BCUT2D eigenvalue weighted by atomic mass is 10.1. The van der Waals surface area contributed by atoms with Gasteiger partial charge in [0.05, 0.1) is 5.39 Å². The Labute approximate surface area is 158 Å². The van der Waals surface area contributed by atoms with Crippen LogP contribution >= 0.6 is 11.3 Å². The predicted octanol–water partition coefficient (Wildman–Crippen LogP) is 2.84. The van der Waals surface area contributed by atoms with Gasteiger partial charge in [0.15, 0.2) is 0 Å². The number of hydrogen-bond acceptors (Lipinski definition) is 6. The van der Waals surface area contributed by atoms with Crippen molar-refractivity contribution in [2.45, 2.75) is 6.42 Å². The van der Waals surface area contributed by atoms with Crippen LogP contribution in [0.2, 0.25) is 0 Å². The third kappa shape index (κ3) is 4.37. The van der Waals surface area contributed by atoms with E-state index in [1.807, 2.05) is 5.38 Å². The average molecular weight is 388 g/mol. The summed E-state index contributed by atoms with van der Waals surface area (Å²) < 4.78 is 13.2. The van der Waals surface area contributed by atoms with Gasteiger partial charge in [0, 0.05) is 31.0 Å². The van der Waals surface area contributed by atoms with Crippen molar-refractivity contribution in [1.82, 2.24) is 14.9 Å². The Hall–Kier alpha value is -3.07. The van der Waals surface area contributed by atoms with Crippen molar-refractivity contribution >= 4 is 39.2 Å². The van der Waals surface area contributed by atoms with Crippen LogP contribution in [0.4, 0.5) is 10.2 Å². The highest BCUT2D eigenvalue weighted by Crippen LogP contribution is 2.36. The molecular weight excluding hydrogens is 371 g/mol. The molecule has 0 bridgehead atoms. The Morgan fingerprint density at radius 3 is 2.70 bits per heavy atom. The number of halogens is 1. The molecule has 9 heteroatoms. The first kappa shape index (κ1) is 18.7. The zero-order valence-electron chi connectivity index (χ0n) is 14.5. The zero-order chi connectivity index (χ0) is 19.4. The first-order valence-corrected chi connectivity index (χ1v) is 9.01. The Morgan fingerprint density at radius 2 is 2.00 bits per heavy atom. The second-order valence-electron chi connectivity index (χ2n) is 5.88. The van der Waals surface area contributed by atoms with Gasteiger partial charge in [-0.1, -0.05) is 12.1 Å². The Balaban J connectivity index is 1.77. The second-order valence-corrected chi connectivity index (χ2v) is 6.74. The van der Waals surface area contributed by atoms with Gasteiger partial charge in [-0.05, 0) is 17.7 Å². The second kappa shape index (κ2) is 8.09. The molecule has 0 aliphatic rings. The summed E-state index contributed by atoms with van der Waals surface area (Å²) in [5.41, 5.74) is 1.73. The number of anilines is 1. The highest BCUT2D eigenvalue weighted by molar-refractivity contribution is 7.17. The molecule has 3 aromatic rings. The minimum atomic E-state index is -1.06. The van der Waals surface area contributed by atoms with Crippen LogP contribution in [0.3, 0.4) is 0 Å². The van der Waals surface area contributed by atoms with Gasteiger partial charge >= 0.3 is 5.97 Å². The molecule has 140 valence electrons. The van der Waals surface area contributed by atoms with Crippen LogP contribution in [-0.4, -0.2) is 52.0 Å². The van der Waals surface area contributed by atoms with Crippen LogP contribution < -0.4 is 5.32 Å². The van der Waals surface area contributed by atoms with Gasteiger partial charge < -0.3 is 15.3 Å². The number of carboxylic acid groups (broad SMARTS) is 1. The highest BCUT2D eigenvalue weighted by atomic mass is 32.1. The van der Waals surface area contributed by atoms with E-state index in [9.17, 15) is 14.0 Å². The molecule has 2 aromatic heterocycles. The fourth-order valence-corrected chi connectivity index (χ4v) is 3.54. The molecule has 3 rings (SSSR count). The van der Waals surface area contributed by atoms with Gasteiger partial charge in [0.2, 0.25) is 5.91 Å². The van der Waals surface area contributed by atoms with Crippen LogP contribution in [0, 0.1) is 5.82 Å². The Kier molecular flexibility index (Phi) is 5.60. The summed E-state index contributed by atoms with van der Waals surface area (Å²) in [7, 11) is 1.45. The molecule has 0 saturated heterocycles. The van der Waals surface area contributed by atoms with E-state index >= 15 is 0 Å². The number of hydrogen-bond donors (Lipinski definition) is 2. The third-order valence-corrected chi connectivity index (χ3v) is 4.84. The minimum absolute atomic E-state index is 0.130. The standard InChI is InChI=1S/C18H17FN4O3S/c1-23(8-15(25)26)14(24)6-7-20-17-16-13(9-27-18(16)22-10-21-17)11-2-4-12(19)5-3-11/h2-5,9-10H,6-8H2,1H3,(H,25,26)(H,20,21,22). The normalized spacial score (nSPS) is 10.7. The summed E-state index contributed by atoms with van der Waals surface area (Å²) in [4.78, 5) is 33.1. The Bertz CT molecular complexity index is 974. The topological polar surface area (TPSA) is 95.4 Å². The lowest BCUT2D eigenvalue weighted by Crippen LogP contribution is -2.32. The number of fused-ring (bicyclic) bond motifs is 1. The maximum absolute atomic E-state index is 13.2. The van der Waals surface area contributed by atoms with Crippen LogP contribution in [0.25, 0.3) is 21.3 Å². The van der Waals surface area contributed by atoms with Crippen molar-refractivity contribution in [3.8, 4) is 11.1 Å². The number of likely N-dealkylation sites (N-methyl/N-ethyl adjacent to an activating group) is 1. The van der Waals surface area contributed by atoms with E-state index in [2.05, 4.69) is 15.3 Å². The largest absolute Gasteiger partial charge is 0.480 e. The number of aromatic nitrogens is 2. The van der Waals surface area contributed by atoms with Crippen molar-refractivity contribution < 1.29 is 19.1 Å². The van der Waals surface area contributed by atoms with Crippen LogP contribution in [0.15, 0.2) is 36.0 Å². The van der Waals surface area contributed by atoms with Crippen molar-refractivity contribution in [3.05, 3.63) is 41.8 Å². The molecule has 0 radical (unpaired) electrons. The van der Waals surface area contributed by atoms with Crippen molar-refractivity contribution in [2.75, 3.05) is 25.5 Å². The molecule has 1 aromatic carbocycles. The SMILES string of the molecule is CN(CC(=O)O)C(=O)CCNc1ncnc2scc(-c3ccc(F)cc3)c12. The van der Waals surface area contributed by atoms with E-state index in [0.717, 1.165) is 26.2 Å². The predicted molar refractivity (Wildman–Crippen MR) is 101 cm³/mol. The number of carboxylic acids is 1.